The zero-order valence-corrected chi connectivity index (χ0v) is 9.84. The van der Waals surface area contributed by atoms with E-state index in [-0.39, 0.29) is 0 Å². The molecule has 1 aromatic carbocycles. The first kappa shape index (κ1) is 10.2. The van der Waals surface area contributed by atoms with Crippen LogP contribution in [0.5, 0.6) is 0 Å². The van der Waals surface area contributed by atoms with Gasteiger partial charge in [0.1, 0.15) is 0 Å². The lowest BCUT2D eigenvalue weighted by atomic mass is 10.0. The largest absolute Gasteiger partial charge is 0.144 e. The van der Waals surface area contributed by atoms with E-state index in [1.165, 1.54) is 21.6 Å². The van der Waals surface area contributed by atoms with Crippen molar-refractivity contribution in [3.8, 4) is 10.4 Å². The van der Waals surface area contributed by atoms with E-state index in [0.717, 1.165) is 0 Å². The van der Waals surface area contributed by atoms with Crippen molar-refractivity contribution in [1.29, 1.82) is 0 Å². The number of benzene rings is 1. The Morgan fingerprint density at radius 3 is 2.53 bits per heavy atom. The minimum absolute atomic E-state index is 1.31. The second-order valence-electron chi connectivity index (χ2n) is 3.79. The van der Waals surface area contributed by atoms with Gasteiger partial charge in [0.25, 0.3) is 0 Å². The maximum atomic E-state index is 2.23. The van der Waals surface area contributed by atoms with Crippen LogP contribution in [-0.4, -0.2) is 0 Å². The third-order valence-corrected chi connectivity index (χ3v) is 3.09. The fourth-order valence-electron chi connectivity index (χ4n) is 1.59. The summed E-state index contributed by atoms with van der Waals surface area (Å²) in [5, 5.41) is 2.12. The quantitative estimate of drug-likeness (QED) is 0.671. The average molecular weight is 214 g/mol. The molecule has 0 unspecified atom stereocenters. The molecule has 2 rings (SSSR count). The summed E-state index contributed by atoms with van der Waals surface area (Å²) in [5.41, 5.74) is 3.97. The Kier molecular flexibility index (Phi) is 3.02. The summed E-state index contributed by atoms with van der Waals surface area (Å²) in [6, 6.07) is 12.8. The van der Waals surface area contributed by atoms with Crippen LogP contribution in [0.1, 0.15) is 19.4 Å². The second-order valence-corrected chi connectivity index (χ2v) is 4.73. The number of hydrogen-bond donors (Lipinski definition) is 0. The molecule has 76 valence electrons. The predicted octanol–water partition coefficient (Wildman–Crippen LogP) is 4.84. The summed E-state index contributed by atoms with van der Waals surface area (Å²) < 4.78 is 0. The lowest BCUT2D eigenvalue weighted by molar-refractivity contribution is 1.42. The Balaban J connectivity index is 2.52. The van der Waals surface area contributed by atoms with E-state index in [1.807, 2.05) is 0 Å². The fourth-order valence-corrected chi connectivity index (χ4v) is 2.36. The number of allylic oxidation sites excluding steroid dienone is 1. The molecule has 0 radical (unpaired) electrons. The number of thiophene rings is 1. The molecule has 1 heteroatoms. The van der Waals surface area contributed by atoms with Crippen molar-refractivity contribution in [1.82, 2.24) is 0 Å². The van der Waals surface area contributed by atoms with Gasteiger partial charge in [0, 0.05) is 4.88 Å². The van der Waals surface area contributed by atoms with Gasteiger partial charge in [-0.15, -0.1) is 11.3 Å². The van der Waals surface area contributed by atoms with Crippen molar-refractivity contribution in [3.05, 3.63) is 52.9 Å². The zero-order valence-electron chi connectivity index (χ0n) is 9.03. The van der Waals surface area contributed by atoms with Crippen molar-refractivity contribution < 1.29 is 0 Å². The maximum Gasteiger partial charge on any atom is 0.0348 e. The molecule has 0 spiro atoms. The summed E-state index contributed by atoms with van der Waals surface area (Å²) in [4.78, 5) is 1.34. The topological polar surface area (TPSA) is 0 Å². The summed E-state index contributed by atoms with van der Waals surface area (Å²) >= 11 is 1.79. The third-order valence-electron chi connectivity index (χ3n) is 2.19. The molecule has 15 heavy (non-hydrogen) atoms. The third kappa shape index (κ3) is 2.37. The first-order valence-corrected chi connectivity index (χ1v) is 5.93. The van der Waals surface area contributed by atoms with Crippen LogP contribution in [0.2, 0.25) is 0 Å². The molecule has 0 aliphatic heterocycles. The van der Waals surface area contributed by atoms with Crippen LogP contribution in [0, 0.1) is 0 Å². The van der Waals surface area contributed by atoms with E-state index in [9.17, 15) is 0 Å². The van der Waals surface area contributed by atoms with Gasteiger partial charge in [0.15, 0.2) is 0 Å². The van der Waals surface area contributed by atoms with Gasteiger partial charge in [-0.2, -0.15) is 0 Å². The van der Waals surface area contributed by atoms with E-state index < -0.39 is 0 Å². The van der Waals surface area contributed by atoms with Crippen molar-refractivity contribution in [3.63, 3.8) is 0 Å². The van der Waals surface area contributed by atoms with E-state index in [4.69, 9.17) is 0 Å². The van der Waals surface area contributed by atoms with Crippen LogP contribution >= 0.6 is 11.3 Å². The summed E-state index contributed by atoms with van der Waals surface area (Å²) in [7, 11) is 0. The molecule has 0 aliphatic rings. The van der Waals surface area contributed by atoms with Crippen molar-refractivity contribution in [2.24, 2.45) is 0 Å². The lowest BCUT2D eigenvalue weighted by Crippen LogP contribution is -1.79. The molecule has 0 N–H and O–H groups in total. The van der Waals surface area contributed by atoms with E-state index in [0.29, 0.717) is 0 Å². The number of rotatable bonds is 2. The smallest absolute Gasteiger partial charge is 0.0348 e. The predicted molar refractivity (Wildman–Crippen MR) is 69.1 cm³/mol. The second kappa shape index (κ2) is 4.45. The maximum absolute atomic E-state index is 2.23. The Morgan fingerprint density at radius 2 is 1.87 bits per heavy atom. The van der Waals surface area contributed by atoms with Gasteiger partial charge in [-0.25, -0.2) is 0 Å². The molecule has 0 fully saturated rings. The average Bonchev–Trinajstić information content (AvgIpc) is 2.70. The van der Waals surface area contributed by atoms with Crippen molar-refractivity contribution in [2.45, 2.75) is 13.8 Å². The SMILES string of the molecule is CC(C)=Cc1ccccc1-c1cccs1. The molecule has 0 aliphatic carbocycles. The summed E-state index contributed by atoms with van der Waals surface area (Å²) in [6.07, 6.45) is 2.23. The zero-order chi connectivity index (χ0) is 10.7. The van der Waals surface area contributed by atoms with Gasteiger partial charge < -0.3 is 0 Å². The highest BCUT2D eigenvalue weighted by Crippen LogP contribution is 2.29. The first-order valence-electron chi connectivity index (χ1n) is 5.05. The van der Waals surface area contributed by atoms with Crippen LogP contribution in [-0.2, 0) is 0 Å². The van der Waals surface area contributed by atoms with Crippen molar-refractivity contribution in [2.75, 3.05) is 0 Å². The van der Waals surface area contributed by atoms with Gasteiger partial charge in [-0.05, 0) is 36.4 Å². The molecule has 0 saturated carbocycles. The fraction of sp³-hybridized carbons (Fsp3) is 0.143. The minimum atomic E-state index is 1.31. The highest BCUT2D eigenvalue weighted by molar-refractivity contribution is 7.13. The Bertz CT molecular complexity index is 460. The van der Waals surface area contributed by atoms with E-state index in [1.54, 1.807) is 11.3 Å². The lowest BCUT2D eigenvalue weighted by Gasteiger charge is -2.03. The van der Waals surface area contributed by atoms with Gasteiger partial charge in [0.05, 0.1) is 0 Å². The highest BCUT2D eigenvalue weighted by atomic mass is 32.1. The van der Waals surface area contributed by atoms with Gasteiger partial charge in [-0.3, -0.25) is 0 Å². The molecule has 0 atom stereocenters. The Labute approximate surface area is 94.9 Å². The molecule has 1 aromatic heterocycles. The molecule has 1 heterocycles. The highest BCUT2D eigenvalue weighted by Gasteiger charge is 2.02. The van der Waals surface area contributed by atoms with Crippen LogP contribution in [0.3, 0.4) is 0 Å². The number of hydrogen-bond acceptors (Lipinski definition) is 1. The van der Waals surface area contributed by atoms with Crippen LogP contribution in [0.15, 0.2) is 47.4 Å². The standard InChI is InChI=1S/C14H14S/c1-11(2)10-12-6-3-4-7-13(12)14-8-5-9-15-14/h3-10H,1-2H3. The Morgan fingerprint density at radius 1 is 1.07 bits per heavy atom. The molecular formula is C14H14S. The van der Waals surface area contributed by atoms with Gasteiger partial charge in [-0.1, -0.05) is 42.0 Å². The first-order chi connectivity index (χ1) is 7.27. The normalized spacial score (nSPS) is 10.0. The Hall–Kier alpha value is -1.34. The summed E-state index contributed by atoms with van der Waals surface area (Å²) in [6.45, 7) is 4.26. The van der Waals surface area contributed by atoms with Crippen LogP contribution in [0.25, 0.3) is 16.5 Å². The molecule has 0 bridgehead atoms. The van der Waals surface area contributed by atoms with Crippen LogP contribution < -0.4 is 0 Å². The molecule has 2 aromatic rings. The minimum Gasteiger partial charge on any atom is -0.144 e. The molecule has 0 nitrogen and oxygen atoms in total. The summed E-state index contributed by atoms with van der Waals surface area (Å²) in [5.74, 6) is 0. The van der Waals surface area contributed by atoms with E-state index in [2.05, 4.69) is 61.7 Å². The van der Waals surface area contributed by atoms with Gasteiger partial charge >= 0.3 is 0 Å². The molecule has 0 amide bonds. The monoisotopic (exact) mass is 214 g/mol. The van der Waals surface area contributed by atoms with E-state index >= 15 is 0 Å². The van der Waals surface area contributed by atoms with Crippen molar-refractivity contribution >= 4 is 17.4 Å². The molecular weight excluding hydrogens is 200 g/mol. The van der Waals surface area contributed by atoms with Gasteiger partial charge in [0.2, 0.25) is 0 Å². The van der Waals surface area contributed by atoms with Crippen LogP contribution in [0.4, 0.5) is 0 Å². The molecule has 0 saturated heterocycles.